The Morgan fingerprint density at radius 2 is 2.15 bits per heavy atom. The van der Waals surface area contributed by atoms with Crippen LogP contribution in [0.3, 0.4) is 0 Å². The first kappa shape index (κ1) is 16.7. The average molecular weight is 353 g/mol. The van der Waals surface area contributed by atoms with E-state index in [2.05, 4.69) is 27.3 Å². The minimum Gasteiger partial charge on any atom is -0.377 e. The highest BCUT2D eigenvalue weighted by Crippen LogP contribution is 2.24. The molecule has 0 radical (unpaired) electrons. The van der Waals surface area contributed by atoms with Crippen LogP contribution in [-0.4, -0.2) is 39.0 Å². The van der Waals surface area contributed by atoms with Gasteiger partial charge in [-0.2, -0.15) is 5.10 Å². The van der Waals surface area contributed by atoms with Gasteiger partial charge in [0, 0.05) is 29.7 Å². The first-order valence-electron chi connectivity index (χ1n) is 8.73. The molecule has 6 nitrogen and oxygen atoms in total. The van der Waals surface area contributed by atoms with E-state index in [1.165, 1.54) is 6.07 Å². The van der Waals surface area contributed by atoms with E-state index in [-0.39, 0.29) is 17.6 Å². The van der Waals surface area contributed by atoms with E-state index in [9.17, 15) is 4.39 Å². The van der Waals surface area contributed by atoms with E-state index >= 15 is 0 Å². The van der Waals surface area contributed by atoms with Gasteiger partial charge in [-0.3, -0.25) is 9.97 Å². The summed E-state index contributed by atoms with van der Waals surface area (Å²) in [6.45, 7) is 3.40. The van der Waals surface area contributed by atoms with Gasteiger partial charge in [-0.25, -0.2) is 9.07 Å². The number of nitrogens with one attached hydrogen (secondary N) is 1. The molecule has 3 aromatic rings. The van der Waals surface area contributed by atoms with Gasteiger partial charge in [-0.1, -0.05) is 13.3 Å². The monoisotopic (exact) mass is 353 g/mol. The smallest absolute Gasteiger partial charge is 0.151 e. The average Bonchev–Trinajstić information content (AvgIpc) is 3.09. The van der Waals surface area contributed by atoms with Crippen LogP contribution in [0.25, 0.3) is 16.9 Å². The van der Waals surface area contributed by atoms with E-state index in [1.54, 1.807) is 29.5 Å². The van der Waals surface area contributed by atoms with Crippen molar-refractivity contribution in [2.45, 2.75) is 25.8 Å². The van der Waals surface area contributed by atoms with Crippen LogP contribution in [0.4, 0.5) is 10.1 Å². The number of halogens is 1. The fourth-order valence-corrected chi connectivity index (χ4v) is 2.87. The Hall–Kier alpha value is -2.80. The summed E-state index contributed by atoms with van der Waals surface area (Å²) < 4.78 is 21.3. The van der Waals surface area contributed by atoms with Crippen LogP contribution < -0.4 is 5.32 Å². The number of hydrogen-bond donors (Lipinski definition) is 1. The quantitative estimate of drug-likeness (QED) is 0.737. The summed E-state index contributed by atoms with van der Waals surface area (Å²) >= 11 is 0. The van der Waals surface area contributed by atoms with Crippen LogP contribution in [0.2, 0.25) is 0 Å². The molecule has 7 heteroatoms. The van der Waals surface area contributed by atoms with Crippen molar-refractivity contribution in [1.82, 2.24) is 19.7 Å². The molecule has 1 aliphatic rings. The maximum Gasteiger partial charge on any atom is 0.151 e. The largest absolute Gasteiger partial charge is 0.377 e. The van der Waals surface area contributed by atoms with E-state index in [0.29, 0.717) is 24.5 Å². The summed E-state index contributed by atoms with van der Waals surface area (Å²) in [7, 11) is 0. The Morgan fingerprint density at radius 3 is 2.88 bits per heavy atom. The van der Waals surface area contributed by atoms with Gasteiger partial charge in [0.05, 0.1) is 43.0 Å². The van der Waals surface area contributed by atoms with Crippen LogP contribution in [0, 0.1) is 5.82 Å². The molecule has 4 heterocycles. The van der Waals surface area contributed by atoms with Crippen LogP contribution in [-0.2, 0) is 11.2 Å². The van der Waals surface area contributed by atoms with Gasteiger partial charge in [0.25, 0.3) is 0 Å². The van der Waals surface area contributed by atoms with Crippen LogP contribution >= 0.6 is 0 Å². The summed E-state index contributed by atoms with van der Waals surface area (Å²) in [6.07, 6.45) is 8.76. The standard InChI is InChI=1S/C19H20FN5O/c1-2-3-14-6-17(4-5-21-14)25-10-13(8-23-25)19-18(20)7-15(9-22-19)24-16-11-26-12-16/h4-10,16,24H,2-3,11-12H2,1H3. The second kappa shape index (κ2) is 7.21. The molecule has 0 aromatic carbocycles. The third-order valence-corrected chi connectivity index (χ3v) is 4.28. The molecule has 26 heavy (non-hydrogen) atoms. The summed E-state index contributed by atoms with van der Waals surface area (Å²) in [5.74, 6) is -0.379. The second-order valence-corrected chi connectivity index (χ2v) is 6.36. The summed E-state index contributed by atoms with van der Waals surface area (Å²) in [6, 6.07) is 5.57. The predicted molar refractivity (Wildman–Crippen MR) is 96.8 cm³/mol. The van der Waals surface area contributed by atoms with Crippen LogP contribution in [0.1, 0.15) is 19.0 Å². The van der Waals surface area contributed by atoms with Crippen molar-refractivity contribution in [3.63, 3.8) is 0 Å². The van der Waals surface area contributed by atoms with Gasteiger partial charge in [-0.05, 0) is 18.6 Å². The number of ether oxygens (including phenoxy) is 1. The Balaban J connectivity index is 1.56. The lowest BCUT2D eigenvalue weighted by Gasteiger charge is -2.27. The third kappa shape index (κ3) is 3.43. The van der Waals surface area contributed by atoms with Crippen LogP contribution in [0.5, 0.6) is 0 Å². The van der Waals surface area contributed by atoms with Gasteiger partial charge in [-0.15, -0.1) is 0 Å². The number of aromatic nitrogens is 4. The molecule has 0 atom stereocenters. The molecular formula is C19H20FN5O. The topological polar surface area (TPSA) is 64.9 Å². The van der Waals surface area contributed by atoms with Crippen molar-refractivity contribution in [2.24, 2.45) is 0 Å². The number of anilines is 1. The van der Waals surface area contributed by atoms with E-state index in [4.69, 9.17) is 4.74 Å². The van der Waals surface area contributed by atoms with Crippen molar-refractivity contribution in [2.75, 3.05) is 18.5 Å². The fourth-order valence-electron chi connectivity index (χ4n) is 2.87. The second-order valence-electron chi connectivity index (χ2n) is 6.36. The van der Waals surface area contributed by atoms with Crippen molar-refractivity contribution < 1.29 is 9.13 Å². The molecule has 1 aliphatic heterocycles. The molecule has 1 fully saturated rings. The molecule has 0 spiro atoms. The fraction of sp³-hybridized carbons (Fsp3) is 0.316. The molecular weight excluding hydrogens is 333 g/mol. The predicted octanol–water partition coefficient (Wildman–Crippen LogP) is 3.23. The summed E-state index contributed by atoms with van der Waals surface area (Å²) in [4.78, 5) is 8.62. The maximum atomic E-state index is 14.5. The lowest BCUT2D eigenvalue weighted by molar-refractivity contribution is 0.0211. The molecule has 4 rings (SSSR count). The zero-order chi connectivity index (χ0) is 17.9. The van der Waals surface area contributed by atoms with Crippen molar-refractivity contribution in [3.05, 3.63) is 54.5 Å². The maximum absolute atomic E-state index is 14.5. The summed E-state index contributed by atoms with van der Waals surface area (Å²) in [5, 5.41) is 7.54. The highest BCUT2D eigenvalue weighted by molar-refractivity contribution is 5.61. The highest BCUT2D eigenvalue weighted by atomic mass is 19.1. The molecule has 0 aliphatic carbocycles. The Kier molecular flexibility index (Phi) is 4.62. The molecule has 134 valence electrons. The van der Waals surface area contributed by atoms with Gasteiger partial charge in [0.15, 0.2) is 5.82 Å². The van der Waals surface area contributed by atoms with Crippen molar-refractivity contribution in [3.8, 4) is 16.9 Å². The molecule has 1 N–H and O–H groups in total. The van der Waals surface area contributed by atoms with Crippen molar-refractivity contribution >= 4 is 5.69 Å². The zero-order valence-corrected chi connectivity index (χ0v) is 14.5. The van der Waals surface area contributed by atoms with E-state index < -0.39 is 0 Å². The SMILES string of the molecule is CCCc1cc(-n2cc(-c3ncc(NC4COC4)cc3F)cn2)ccn1. The van der Waals surface area contributed by atoms with E-state index in [1.807, 2.05) is 12.1 Å². The number of hydrogen-bond acceptors (Lipinski definition) is 5. The molecule has 0 saturated carbocycles. The first-order chi connectivity index (χ1) is 12.7. The lowest BCUT2D eigenvalue weighted by atomic mass is 10.2. The molecule has 1 saturated heterocycles. The van der Waals surface area contributed by atoms with Gasteiger partial charge in [0.1, 0.15) is 5.69 Å². The third-order valence-electron chi connectivity index (χ3n) is 4.28. The molecule has 0 unspecified atom stereocenters. The van der Waals surface area contributed by atoms with Crippen LogP contribution in [0.15, 0.2) is 43.0 Å². The minimum absolute atomic E-state index is 0.230. The highest BCUT2D eigenvalue weighted by Gasteiger charge is 2.19. The number of rotatable bonds is 6. The molecule has 0 amide bonds. The molecule has 0 bridgehead atoms. The number of aryl methyl sites for hydroxylation is 1. The van der Waals surface area contributed by atoms with Gasteiger partial charge >= 0.3 is 0 Å². The lowest BCUT2D eigenvalue weighted by Crippen LogP contribution is -2.40. The Morgan fingerprint density at radius 1 is 1.27 bits per heavy atom. The van der Waals surface area contributed by atoms with Crippen molar-refractivity contribution in [1.29, 1.82) is 0 Å². The normalized spacial score (nSPS) is 14.2. The van der Waals surface area contributed by atoms with Gasteiger partial charge in [0.2, 0.25) is 0 Å². The zero-order valence-electron chi connectivity index (χ0n) is 14.5. The Bertz CT molecular complexity index is 906. The number of nitrogens with zero attached hydrogens (tertiary/aromatic N) is 4. The minimum atomic E-state index is -0.379. The summed E-state index contributed by atoms with van der Waals surface area (Å²) in [5.41, 5.74) is 3.50. The Labute approximate surface area is 151 Å². The van der Waals surface area contributed by atoms with Gasteiger partial charge < -0.3 is 10.1 Å². The first-order valence-corrected chi connectivity index (χ1v) is 8.73. The van der Waals surface area contributed by atoms with E-state index in [0.717, 1.165) is 24.2 Å². The number of pyridine rings is 2. The molecule has 3 aromatic heterocycles.